The van der Waals surface area contributed by atoms with Crippen LogP contribution in [0.5, 0.6) is 57.5 Å². The zero-order chi connectivity index (χ0) is 52.2. The van der Waals surface area contributed by atoms with Crippen molar-refractivity contribution in [1.29, 1.82) is 0 Å². The Morgan fingerprint density at radius 1 is 0.416 bits per heavy atom. The minimum atomic E-state index is -5.09. The van der Waals surface area contributed by atoms with Crippen LogP contribution in [0.15, 0.2) is 196 Å². The van der Waals surface area contributed by atoms with E-state index >= 15 is 0 Å². The molecule has 1 aliphatic heterocycles. The first-order chi connectivity index (χ1) is 35.4. The summed E-state index contributed by atoms with van der Waals surface area (Å²) in [6.45, 7) is 3.08. The van der Waals surface area contributed by atoms with Gasteiger partial charge in [0.2, 0.25) is 9.84 Å². The minimum absolute atomic E-state index is 0. The molecular weight excluding hydrogens is 1130 g/mol. The summed E-state index contributed by atoms with van der Waals surface area (Å²) in [7, 11) is -10.9. The van der Waals surface area contributed by atoms with Crippen LogP contribution >= 0.6 is 0 Å². The van der Waals surface area contributed by atoms with Crippen LogP contribution in [-0.4, -0.2) is 68.6 Å². The van der Waals surface area contributed by atoms with E-state index in [4.69, 9.17) is 28.4 Å². The Balaban J connectivity index is 0.00000320. The first-order valence-electron chi connectivity index (χ1n) is 22.4. The molecule has 17 nitrogen and oxygen atoms in total. The van der Waals surface area contributed by atoms with Crippen molar-refractivity contribution in [2.45, 2.75) is 26.5 Å². The van der Waals surface area contributed by atoms with Crippen molar-refractivity contribution in [2.75, 3.05) is 48.9 Å². The van der Waals surface area contributed by atoms with E-state index in [9.17, 15) is 34.4 Å². The molecule has 23 heteroatoms. The van der Waals surface area contributed by atoms with Crippen molar-refractivity contribution in [1.82, 2.24) is 0 Å². The molecule has 0 N–H and O–H groups in total. The van der Waals surface area contributed by atoms with Gasteiger partial charge < -0.3 is 52.2 Å². The van der Waals surface area contributed by atoms with Gasteiger partial charge in [-0.2, -0.15) is 0 Å². The topological polar surface area (TPSA) is 214 Å². The number of hydrogen-bond acceptors (Lipinski definition) is 17. The number of anilines is 3. The third-order valence-corrected chi connectivity index (χ3v) is 15.1. The predicted octanol–water partition coefficient (Wildman–Crippen LogP) is 1.34. The fourth-order valence-electron chi connectivity index (χ4n) is 7.79. The third-order valence-electron chi connectivity index (χ3n) is 11.6. The number of aryl methyl sites for hydroxylation is 1. The predicted molar refractivity (Wildman–Crippen MR) is 272 cm³/mol. The second-order valence-electron chi connectivity index (χ2n) is 16.6. The number of benzene rings is 8. The summed E-state index contributed by atoms with van der Waals surface area (Å²) in [5.41, 5.74) is 3.30. The number of nitrogens with zero attached hydrogens (tertiary/aromatic N) is 3. The summed E-state index contributed by atoms with van der Waals surface area (Å²) in [5, 5.41) is 0. The maximum Gasteiger partial charge on any atom is 1.00 e. The molecule has 1 aliphatic rings. The second-order valence-corrected chi connectivity index (χ2v) is 21.3. The average molecular weight is 1170 g/mol. The van der Waals surface area contributed by atoms with Crippen molar-refractivity contribution >= 4 is 47.1 Å². The summed E-state index contributed by atoms with van der Waals surface area (Å²) in [5.74, 6) is 2.24. The maximum atomic E-state index is 13.2. The van der Waals surface area contributed by atoms with Crippen LogP contribution in [0, 0.1) is 13.0 Å². The zero-order valence-electron chi connectivity index (χ0n) is 42.6. The van der Waals surface area contributed by atoms with E-state index in [2.05, 4.69) is 20.8 Å². The number of methoxy groups -OCH3 is 2. The van der Waals surface area contributed by atoms with Crippen molar-refractivity contribution < 1.29 is 217 Å². The molecule has 8 aromatic rings. The summed E-state index contributed by atoms with van der Waals surface area (Å²) in [6.07, 6.45) is 0. The normalized spacial score (nSPS) is 12.5. The summed E-state index contributed by atoms with van der Waals surface area (Å²) in [4.78, 5) is 5.23. The molecule has 8 aromatic carbocycles. The molecule has 0 bridgehead atoms. The van der Waals surface area contributed by atoms with Gasteiger partial charge >= 0.3 is 154 Å². The number of hydrogen-bond donors (Lipinski definition) is 0. The molecule has 1 fully saturated rings. The average Bonchev–Trinajstić information content (AvgIpc) is 3.39. The second kappa shape index (κ2) is 27.4. The molecule has 0 atom stereocenters. The number of sulfone groups is 1. The number of ether oxygens (including phenoxy) is 6. The van der Waals surface area contributed by atoms with Crippen LogP contribution in [-0.2, 0) is 30.1 Å². The van der Waals surface area contributed by atoms with Crippen LogP contribution in [0.4, 0.5) is 17.1 Å². The molecule has 77 heavy (non-hydrogen) atoms. The molecule has 380 valence electrons. The van der Waals surface area contributed by atoms with E-state index in [-0.39, 0.29) is 204 Å². The van der Waals surface area contributed by atoms with Gasteiger partial charge in [0, 0.05) is 40.7 Å². The molecule has 0 aromatic heterocycles. The van der Waals surface area contributed by atoms with E-state index < -0.39 is 39.9 Å². The van der Waals surface area contributed by atoms with E-state index in [1.165, 1.54) is 67.8 Å². The van der Waals surface area contributed by atoms with Crippen molar-refractivity contribution in [3.05, 3.63) is 188 Å². The third kappa shape index (κ3) is 16.0. The van der Waals surface area contributed by atoms with E-state index in [0.29, 0.717) is 37.3 Å². The van der Waals surface area contributed by atoms with Gasteiger partial charge in [0.15, 0.2) is 0 Å². The monoisotopic (exact) mass is 1170 g/mol. The molecule has 0 radical (unpaired) electrons. The molecule has 0 unspecified atom stereocenters. The van der Waals surface area contributed by atoms with Gasteiger partial charge in [-0.05, 0) is 140 Å². The Hall–Kier alpha value is -3.36. The Bertz CT molecular complexity index is 3640. The summed E-state index contributed by atoms with van der Waals surface area (Å²) >= 11 is 0. The van der Waals surface area contributed by atoms with Gasteiger partial charge in [-0.1, -0.05) is 17.7 Å². The minimum Gasteiger partial charge on any atom is -0.744 e. The van der Waals surface area contributed by atoms with Gasteiger partial charge in [0.1, 0.15) is 76.0 Å². The number of rotatable bonds is 17. The fraction of sp³-hybridized carbons (Fsp3) is 0.111. The van der Waals surface area contributed by atoms with Crippen molar-refractivity contribution in [3.63, 3.8) is 0 Å². The van der Waals surface area contributed by atoms with Crippen LogP contribution in [0.2, 0.25) is 0 Å². The first kappa shape index (κ1) is 62.8. The quantitative estimate of drug-likeness (QED) is 0.0715. The molecule has 9 rings (SSSR count). The van der Waals surface area contributed by atoms with E-state index in [1.54, 1.807) is 86.0 Å². The molecule has 0 saturated carbocycles. The smallest absolute Gasteiger partial charge is 0.744 e. The van der Waals surface area contributed by atoms with Gasteiger partial charge in [0.25, 0.3) is 0 Å². The summed E-state index contributed by atoms with van der Waals surface area (Å²) < 4.78 is 134. The van der Waals surface area contributed by atoms with Crippen LogP contribution in [0.25, 0.3) is 0 Å². The van der Waals surface area contributed by atoms with E-state index in [0.717, 1.165) is 34.8 Å². The molecule has 0 spiro atoms. The van der Waals surface area contributed by atoms with E-state index in [1.807, 2.05) is 31.2 Å². The van der Waals surface area contributed by atoms with Gasteiger partial charge in [-0.3, -0.25) is 0 Å². The van der Waals surface area contributed by atoms with Gasteiger partial charge in [0.05, 0.1) is 44.0 Å². The molecular formula is C54H44K3N3O14S3. The van der Waals surface area contributed by atoms with Gasteiger partial charge in [-0.25, -0.2) is 25.3 Å². The van der Waals surface area contributed by atoms with Crippen LogP contribution < -0.4 is 197 Å². The SMILES string of the molecule is COc1c[c-]c(Oc2ccc(N3CN(c4ccc(Oc5ccc(OC)cc5S(=O)(=O)[O-])cc4)CN(c4ccc(Oc5ccc(Oc6ccc(S(=O)(=O)c7ccc(C)cc7)cc6)cc5S(=O)(=O)[O-])cc4)C3)cc2)cc1.[K+].[K+].[K+]. The standard InChI is InChI=1S/C54H46N3O14S3.3K/c1-37-4-26-49(27-5-37)72(58,59)50-28-22-44(23-29-50)69-48-25-31-52(54(33-48)74(63,64)65)71-46-16-10-40(11-17-46)57-35-55(38-6-12-42(13-7-38)68-43-20-18-41(66-2)19-21-43)34-56(36-57)39-8-14-45(15-9-39)70-51-30-24-47(67-3)32-53(51)73(60,61)62;;;/h4-20,22-33H,34-36H2,1-3H3,(H,60,61,62)(H,63,64,65);;;/q-1;3*+1/p-2. The molecule has 0 aliphatic carbocycles. The van der Waals surface area contributed by atoms with Crippen LogP contribution in [0.1, 0.15) is 5.56 Å². The fourth-order valence-corrected chi connectivity index (χ4v) is 10.3. The Morgan fingerprint density at radius 2 is 0.766 bits per heavy atom. The van der Waals surface area contributed by atoms with Crippen LogP contribution in [0.3, 0.4) is 0 Å². The Labute approximate surface area is 575 Å². The van der Waals surface area contributed by atoms with Crippen molar-refractivity contribution in [3.8, 4) is 57.5 Å². The largest absolute Gasteiger partial charge is 1.00 e. The molecule has 1 heterocycles. The Morgan fingerprint density at radius 3 is 1.17 bits per heavy atom. The Kier molecular flexibility index (Phi) is 22.4. The molecule has 1 saturated heterocycles. The molecule has 0 amide bonds. The maximum absolute atomic E-state index is 13.2. The van der Waals surface area contributed by atoms with Gasteiger partial charge in [-0.15, -0.1) is 24.3 Å². The zero-order valence-corrected chi connectivity index (χ0v) is 54.5. The first-order valence-corrected chi connectivity index (χ1v) is 26.7. The summed E-state index contributed by atoms with van der Waals surface area (Å²) in [6, 6.07) is 49.4. The van der Waals surface area contributed by atoms with Crippen molar-refractivity contribution in [2.24, 2.45) is 0 Å².